The average molecular weight is 312 g/mol. The van der Waals surface area contributed by atoms with Gasteiger partial charge in [-0.15, -0.1) is 0 Å². The van der Waals surface area contributed by atoms with Crippen molar-refractivity contribution in [3.63, 3.8) is 0 Å². The van der Waals surface area contributed by atoms with Gasteiger partial charge in [-0.3, -0.25) is 0 Å². The van der Waals surface area contributed by atoms with E-state index in [2.05, 4.69) is 28.9 Å². The molecule has 0 aliphatic carbocycles. The monoisotopic (exact) mass is 311 g/mol. The van der Waals surface area contributed by atoms with Crippen molar-refractivity contribution >= 4 is 15.9 Å². The molecular formula is C14H18BrNO2. The van der Waals surface area contributed by atoms with Crippen LogP contribution in [-0.2, 0) is 4.74 Å². The van der Waals surface area contributed by atoms with Crippen molar-refractivity contribution < 1.29 is 9.47 Å². The summed E-state index contributed by atoms with van der Waals surface area (Å²) in [4.78, 5) is 0. The van der Waals surface area contributed by atoms with Crippen molar-refractivity contribution in [3.8, 4) is 5.75 Å². The van der Waals surface area contributed by atoms with Gasteiger partial charge in [-0.2, -0.15) is 0 Å². The molecule has 3 atom stereocenters. The van der Waals surface area contributed by atoms with Crippen molar-refractivity contribution in [1.82, 2.24) is 0 Å². The summed E-state index contributed by atoms with van der Waals surface area (Å²) in [7, 11) is 0. The Bertz CT molecular complexity index is 465. The van der Waals surface area contributed by atoms with E-state index >= 15 is 0 Å². The summed E-state index contributed by atoms with van der Waals surface area (Å²) >= 11 is 3.49. The molecule has 1 aromatic rings. The maximum atomic E-state index is 6.34. The Hall–Kier alpha value is -0.580. The molecule has 98 valence electrons. The maximum Gasteiger partial charge on any atom is 0.125 e. The molecule has 0 aromatic heterocycles. The second-order valence-electron chi connectivity index (χ2n) is 5.39. The van der Waals surface area contributed by atoms with Gasteiger partial charge in [-0.25, -0.2) is 0 Å². The fourth-order valence-corrected chi connectivity index (χ4v) is 3.38. The van der Waals surface area contributed by atoms with E-state index in [0.29, 0.717) is 5.92 Å². The predicted octanol–water partition coefficient (Wildman–Crippen LogP) is 3.03. The average Bonchev–Trinajstić information content (AvgIpc) is 2.34. The molecule has 3 nitrogen and oxygen atoms in total. The SMILES string of the molecule is CC1COCCC12C[C@@H](N)c1cc(Br)ccc1O2. The second-order valence-corrected chi connectivity index (χ2v) is 6.30. The maximum absolute atomic E-state index is 6.34. The van der Waals surface area contributed by atoms with Crippen molar-refractivity contribution in [3.05, 3.63) is 28.2 Å². The first-order valence-corrected chi connectivity index (χ1v) is 7.22. The van der Waals surface area contributed by atoms with Crippen LogP contribution in [0.15, 0.2) is 22.7 Å². The van der Waals surface area contributed by atoms with Crippen LogP contribution in [-0.4, -0.2) is 18.8 Å². The van der Waals surface area contributed by atoms with Crippen molar-refractivity contribution in [2.24, 2.45) is 11.7 Å². The molecule has 0 saturated carbocycles. The van der Waals surface area contributed by atoms with Gasteiger partial charge in [0.1, 0.15) is 11.4 Å². The van der Waals surface area contributed by atoms with Crippen LogP contribution in [0.25, 0.3) is 0 Å². The normalized spacial score (nSPS) is 35.1. The number of rotatable bonds is 0. The molecule has 0 bridgehead atoms. The lowest BCUT2D eigenvalue weighted by Crippen LogP contribution is -2.52. The van der Waals surface area contributed by atoms with Crippen LogP contribution in [0, 0.1) is 5.92 Å². The molecule has 1 saturated heterocycles. The van der Waals surface area contributed by atoms with Crippen LogP contribution in [0.4, 0.5) is 0 Å². The Morgan fingerprint density at radius 2 is 2.28 bits per heavy atom. The van der Waals surface area contributed by atoms with Crippen LogP contribution in [0.2, 0.25) is 0 Å². The fraction of sp³-hybridized carbons (Fsp3) is 0.571. The number of fused-ring (bicyclic) bond motifs is 1. The number of hydrogen-bond acceptors (Lipinski definition) is 3. The lowest BCUT2D eigenvalue weighted by Gasteiger charge is -2.47. The van der Waals surface area contributed by atoms with E-state index in [0.717, 1.165) is 41.8 Å². The molecule has 1 spiro atoms. The van der Waals surface area contributed by atoms with Gasteiger partial charge in [0.05, 0.1) is 13.2 Å². The third-order valence-electron chi connectivity index (χ3n) is 4.19. The standard InChI is InChI=1S/C14H18BrNO2/c1-9-8-17-5-4-14(9)7-12(16)11-6-10(15)2-3-13(11)18-14/h2-3,6,9,12H,4-5,7-8,16H2,1H3/t9?,12-,14?/m1/s1. The summed E-state index contributed by atoms with van der Waals surface area (Å²) in [5, 5.41) is 0. The van der Waals surface area contributed by atoms with E-state index in [4.69, 9.17) is 15.2 Å². The molecule has 0 radical (unpaired) electrons. The van der Waals surface area contributed by atoms with Gasteiger partial charge in [0.2, 0.25) is 0 Å². The topological polar surface area (TPSA) is 44.5 Å². The molecule has 2 unspecified atom stereocenters. The van der Waals surface area contributed by atoms with E-state index in [1.165, 1.54) is 0 Å². The molecule has 2 N–H and O–H groups in total. The number of hydrogen-bond donors (Lipinski definition) is 1. The van der Waals surface area contributed by atoms with Crippen LogP contribution >= 0.6 is 15.9 Å². The minimum Gasteiger partial charge on any atom is -0.486 e. The van der Waals surface area contributed by atoms with Gasteiger partial charge >= 0.3 is 0 Å². The zero-order valence-corrected chi connectivity index (χ0v) is 12.1. The number of ether oxygens (including phenoxy) is 2. The number of nitrogens with two attached hydrogens (primary N) is 1. The molecule has 18 heavy (non-hydrogen) atoms. The van der Waals surface area contributed by atoms with Crippen molar-refractivity contribution in [2.45, 2.75) is 31.4 Å². The van der Waals surface area contributed by atoms with Crippen LogP contribution < -0.4 is 10.5 Å². The van der Waals surface area contributed by atoms with Gasteiger partial charge < -0.3 is 15.2 Å². The van der Waals surface area contributed by atoms with Gasteiger partial charge in [-0.05, 0) is 18.2 Å². The van der Waals surface area contributed by atoms with E-state index in [9.17, 15) is 0 Å². The third kappa shape index (κ3) is 1.96. The minimum atomic E-state index is -0.140. The largest absolute Gasteiger partial charge is 0.486 e. The van der Waals surface area contributed by atoms with Crippen LogP contribution in [0.5, 0.6) is 5.75 Å². The second kappa shape index (κ2) is 4.51. The molecular weight excluding hydrogens is 294 g/mol. The lowest BCUT2D eigenvalue weighted by molar-refractivity contribution is -0.103. The summed E-state index contributed by atoms with van der Waals surface area (Å²) in [6, 6.07) is 6.14. The minimum absolute atomic E-state index is 0.0480. The summed E-state index contributed by atoms with van der Waals surface area (Å²) < 4.78 is 12.9. The van der Waals surface area contributed by atoms with Gasteiger partial charge in [-0.1, -0.05) is 22.9 Å². The first-order valence-electron chi connectivity index (χ1n) is 6.42. The molecule has 1 aromatic carbocycles. The van der Waals surface area contributed by atoms with Gasteiger partial charge in [0.25, 0.3) is 0 Å². The quantitative estimate of drug-likeness (QED) is 0.801. The smallest absolute Gasteiger partial charge is 0.125 e. The highest BCUT2D eigenvalue weighted by Crippen LogP contribution is 2.45. The fourth-order valence-electron chi connectivity index (χ4n) is 3.00. The Kier molecular flexibility index (Phi) is 3.12. The Labute approximate surface area is 116 Å². The number of halogens is 1. The first kappa shape index (κ1) is 12.5. The summed E-state index contributed by atoms with van der Waals surface area (Å²) in [5.74, 6) is 1.32. The molecule has 1 fully saturated rings. The van der Waals surface area contributed by atoms with E-state index in [1.807, 2.05) is 12.1 Å². The van der Waals surface area contributed by atoms with Crippen LogP contribution in [0.3, 0.4) is 0 Å². The predicted molar refractivity (Wildman–Crippen MR) is 73.6 cm³/mol. The van der Waals surface area contributed by atoms with E-state index < -0.39 is 0 Å². The summed E-state index contributed by atoms with van der Waals surface area (Å²) in [5.41, 5.74) is 7.31. The highest BCUT2D eigenvalue weighted by atomic mass is 79.9. The zero-order valence-electron chi connectivity index (χ0n) is 10.5. The van der Waals surface area contributed by atoms with E-state index in [1.54, 1.807) is 0 Å². The summed E-state index contributed by atoms with van der Waals surface area (Å²) in [6.07, 6.45) is 1.80. The van der Waals surface area contributed by atoms with Crippen molar-refractivity contribution in [1.29, 1.82) is 0 Å². The van der Waals surface area contributed by atoms with E-state index in [-0.39, 0.29) is 11.6 Å². The Morgan fingerprint density at radius 3 is 3.06 bits per heavy atom. The van der Waals surface area contributed by atoms with Crippen LogP contribution in [0.1, 0.15) is 31.4 Å². The molecule has 2 aliphatic rings. The molecule has 0 amide bonds. The summed E-state index contributed by atoms with van der Waals surface area (Å²) in [6.45, 7) is 3.72. The molecule has 2 aliphatic heterocycles. The first-order chi connectivity index (χ1) is 8.61. The zero-order chi connectivity index (χ0) is 12.8. The third-order valence-corrected chi connectivity index (χ3v) is 4.68. The Morgan fingerprint density at radius 1 is 1.44 bits per heavy atom. The molecule has 3 rings (SSSR count). The van der Waals surface area contributed by atoms with Gasteiger partial charge in [0.15, 0.2) is 0 Å². The highest BCUT2D eigenvalue weighted by molar-refractivity contribution is 9.10. The van der Waals surface area contributed by atoms with Gasteiger partial charge in [0, 0.05) is 34.8 Å². The molecule has 4 heteroatoms. The van der Waals surface area contributed by atoms with Crippen molar-refractivity contribution in [2.75, 3.05) is 13.2 Å². The Balaban J connectivity index is 1.98. The lowest BCUT2D eigenvalue weighted by atomic mass is 9.76. The highest BCUT2D eigenvalue weighted by Gasteiger charge is 2.45. The number of benzene rings is 1. The molecule has 2 heterocycles.